The maximum absolute atomic E-state index is 9.30. The van der Waals surface area contributed by atoms with Crippen LogP contribution in [0.3, 0.4) is 0 Å². The van der Waals surface area contributed by atoms with E-state index in [4.69, 9.17) is 22.0 Å². The highest BCUT2D eigenvalue weighted by Crippen LogP contribution is 2.47. The molecule has 0 saturated carbocycles. The first kappa shape index (κ1) is 89.5. The van der Waals surface area contributed by atoms with Gasteiger partial charge in [0.1, 0.15) is 68.7 Å². The number of para-hydroxylation sites is 5. The molecule has 684 valence electrons. The quantitative estimate of drug-likeness (QED) is 0.0612. The van der Waals surface area contributed by atoms with Crippen molar-refractivity contribution in [2.24, 2.45) is 0 Å². The topological polar surface area (TPSA) is 217 Å². The minimum atomic E-state index is -0.303. The van der Waals surface area contributed by atoms with Crippen LogP contribution < -0.4 is 14.7 Å². The number of benzene rings is 20. The van der Waals surface area contributed by atoms with Gasteiger partial charge in [0.25, 0.3) is 0 Å². The molecule has 20 aromatic carbocycles. The molecule has 0 unspecified atom stereocenters. The average Bonchev–Trinajstić information content (AvgIpc) is 1.16. The molecule has 0 amide bonds. The van der Waals surface area contributed by atoms with Gasteiger partial charge in [0.05, 0.1) is 5.69 Å². The smallest absolute Gasteiger partial charge is 0.307 e. The number of anilines is 9. The van der Waals surface area contributed by atoms with E-state index in [9.17, 15) is 21.0 Å². The third-order valence-corrected chi connectivity index (χ3v) is 26.3. The Balaban J connectivity index is 0.000000129. The lowest BCUT2D eigenvalue weighted by atomic mass is 9.93. The third kappa shape index (κ3) is 17.5. The van der Waals surface area contributed by atoms with Crippen molar-refractivity contribution in [3.05, 3.63) is 513 Å². The lowest BCUT2D eigenvalue weighted by Gasteiger charge is -2.27. The maximum atomic E-state index is 9.30. The van der Waals surface area contributed by atoms with Crippen LogP contribution in [0.4, 0.5) is 62.8 Å². The van der Waals surface area contributed by atoms with Gasteiger partial charge in [-0.25, -0.2) is 19.9 Å². The Morgan fingerprint density at radius 1 is 0.204 bits per heavy atom. The lowest BCUT2D eigenvalue weighted by molar-refractivity contribution is 0.669. The van der Waals surface area contributed by atoms with Crippen LogP contribution in [0.15, 0.2) is 476 Å². The van der Waals surface area contributed by atoms with E-state index in [0.29, 0.717) is 0 Å². The molecule has 0 aliphatic carbocycles. The molecule has 0 aliphatic heterocycles. The van der Waals surface area contributed by atoms with E-state index < -0.39 is 0 Å². The van der Waals surface area contributed by atoms with Crippen LogP contribution in [0.2, 0.25) is 0 Å². The van der Waals surface area contributed by atoms with Crippen LogP contribution in [-0.4, -0.2) is 29.9 Å². The summed E-state index contributed by atoms with van der Waals surface area (Å²) in [4.78, 5) is 38.1. The Bertz CT molecular complexity index is 8970. The summed E-state index contributed by atoms with van der Waals surface area (Å²) < 4.78 is 12.9. The van der Waals surface area contributed by atoms with E-state index >= 15 is 0 Å². The van der Waals surface area contributed by atoms with Crippen molar-refractivity contribution in [1.29, 1.82) is 21.0 Å². The largest absolute Gasteiger partial charge is 0.455 e. The van der Waals surface area contributed by atoms with Gasteiger partial charge in [-0.1, -0.05) is 347 Å². The zero-order valence-corrected chi connectivity index (χ0v) is 78.5. The Labute approximate surface area is 845 Å². The average molecular weight is 1880 g/mol. The Kier molecular flexibility index (Phi) is 24.0. The summed E-state index contributed by atoms with van der Waals surface area (Å²) >= 11 is 0. The van der Waals surface area contributed by atoms with Gasteiger partial charge in [-0.3, -0.25) is 0 Å². The molecular weight excluding hydrogens is 1800 g/mol. The zero-order chi connectivity index (χ0) is 99.2. The van der Waals surface area contributed by atoms with Crippen LogP contribution in [0, 0.1) is 58.5 Å². The molecule has 0 N–H and O–H groups in total. The maximum Gasteiger partial charge on any atom is 0.307 e. The number of hydrogen-bond acceptors (Lipinski definition) is 15. The Morgan fingerprint density at radius 3 is 0.789 bits per heavy atom. The molecular formula is C130H77N15O2. The van der Waals surface area contributed by atoms with Crippen molar-refractivity contribution in [3.63, 3.8) is 0 Å². The number of furan rings is 2. The number of fused-ring (bicyclic) bond motifs is 13. The number of aromatic nitrogens is 6. The molecule has 0 radical (unpaired) electrons. The van der Waals surface area contributed by atoms with Gasteiger partial charge in [0.2, 0.25) is 11.0 Å². The summed E-state index contributed by atoms with van der Waals surface area (Å²) in [7, 11) is 0. The normalized spacial score (nSPS) is 11.0. The van der Waals surface area contributed by atoms with Crippen molar-refractivity contribution in [2.45, 2.75) is 0 Å². The SMILES string of the molecule is [C-]#[N+]c1nc2c(nc1C#N)c1nc(C#N)c(C#N)nc1c1nc(C#N)c([N+]#[C-])nc12.c1ccc(-c2cc(-c3ccccc3)cc(-c3ccc(N(c4ccc(-c5cccc6c5oc5ccccc56)cc4)c4ccc(-c5cccc6c5oc5ccccc56)cc4)cc3)c2)cc1.c1ccc(-c2ccc(N(c3ccc(-c4ccccc4)cc3)c3ccc(-c4ccc(N(c5ccccc5)c5cccc6ccccc56)cc4)cc3)cc2)cc1. The van der Waals surface area contributed by atoms with Crippen molar-refractivity contribution in [3.8, 4) is 113 Å². The lowest BCUT2D eigenvalue weighted by Crippen LogP contribution is -2.10. The van der Waals surface area contributed by atoms with Crippen LogP contribution in [0.1, 0.15) is 22.8 Å². The van der Waals surface area contributed by atoms with E-state index in [0.717, 1.165) is 123 Å². The van der Waals surface area contributed by atoms with Gasteiger partial charge < -0.3 is 33.2 Å². The molecule has 0 spiro atoms. The van der Waals surface area contributed by atoms with Crippen LogP contribution in [0.25, 0.3) is 186 Å². The first-order chi connectivity index (χ1) is 72.6. The number of nitriles is 4. The van der Waals surface area contributed by atoms with Gasteiger partial charge in [0, 0.05) is 83.6 Å². The molecule has 25 rings (SSSR count). The molecule has 0 fully saturated rings. The fourth-order valence-electron chi connectivity index (χ4n) is 19.2. The minimum Gasteiger partial charge on any atom is -0.455 e. The monoisotopic (exact) mass is 1880 g/mol. The fourth-order valence-corrected chi connectivity index (χ4v) is 19.2. The summed E-state index contributed by atoms with van der Waals surface area (Å²) in [6, 6.07) is 174. The van der Waals surface area contributed by atoms with Crippen LogP contribution >= 0.6 is 0 Å². The summed E-state index contributed by atoms with van der Waals surface area (Å²) in [5, 5.41) is 44.1. The number of nitrogens with zero attached hydrogens (tertiary/aromatic N) is 15. The third-order valence-electron chi connectivity index (χ3n) is 26.3. The molecule has 0 saturated heterocycles. The Morgan fingerprint density at radius 2 is 0.449 bits per heavy atom. The van der Waals surface area contributed by atoms with Gasteiger partial charge >= 0.3 is 11.6 Å². The molecule has 25 aromatic rings. The number of hydrogen-bond donors (Lipinski definition) is 0. The summed E-state index contributed by atoms with van der Waals surface area (Å²) in [5.41, 5.74) is 30.8. The predicted molar refractivity (Wildman–Crippen MR) is 590 cm³/mol. The van der Waals surface area contributed by atoms with E-state index in [1.807, 2.05) is 24.3 Å². The highest BCUT2D eigenvalue weighted by molar-refractivity contribution is 6.19. The standard InChI is InChI=1S/C60H39NO2.C52H38N2.C18N12/c1-3-13-40(14-4-1)45-37-46(41-15-5-2-6-16-41)39-47(38-45)42-25-31-48(32-26-42)61(49-33-27-43(28-34-49)51-19-11-21-55-53-17-7-9-23-57(53)62-59(51)55)50-35-29-44(30-36-50)52-20-12-22-56-54-18-8-10-24-58(54)63-60(52)56;1-4-13-39(14-5-1)41-23-31-47(32-24-41)53(48-33-25-42(26-34-48)40-15-6-2-7-16-40)49-35-27-43(28-36-49)44-29-37-50(38-30-44)54(46-19-8-3-9-20-46)52-22-12-18-45-17-10-11-21-51(45)52;1-23-17-9(5-21)27-13-11-12(26-8(4-20)7(3-19)25-11)14-16(15(13)29-17)30-18(24-2)10(6-22)28-14/h1-39H;1-38H;. The summed E-state index contributed by atoms with van der Waals surface area (Å²) in [6.07, 6.45) is 0. The van der Waals surface area contributed by atoms with Gasteiger partial charge in [0.15, 0.2) is 22.8 Å². The Hall–Kier alpha value is -21.4. The fraction of sp³-hybridized carbons (Fsp3) is 0. The van der Waals surface area contributed by atoms with Crippen molar-refractivity contribution in [2.75, 3.05) is 14.7 Å². The van der Waals surface area contributed by atoms with Crippen molar-refractivity contribution >= 4 is 151 Å². The molecule has 0 bridgehead atoms. The zero-order valence-electron chi connectivity index (χ0n) is 78.5. The van der Waals surface area contributed by atoms with Crippen molar-refractivity contribution in [1.82, 2.24) is 29.9 Å². The van der Waals surface area contributed by atoms with E-state index in [-0.39, 0.29) is 67.5 Å². The summed E-state index contributed by atoms with van der Waals surface area (Å²) in [5.74, 6) is -0.605. The van der Waals surface area contributed by atoms with Gasteiger partial charge in [-0.05, 0) is 217 Å². The highest BCUT2D eigenvalue weighted by atomic mass is 16.3. The van der Waals surface area contributed by atoms with Crippen LogP contribution in [0.5, 0.6) is 0 Å². The van der Waals surface area contributed by atoms with E-state index in [2.05, 4.69) is 497 Å². The molecule has 5 aromatic heterocycles. The van der Waals surface area contributed by atoms with Gasteiger partial charge in [-0.15, -0.1) is 9.97 Å². The molecule has 17 heteroatoms. The highest BCUT2D eigenvalue weighted by Gasteiger charge is 2.29. The second kappa shape index (κ2) is 39.5. The molecule has 147 heavy (non-hydrogen) atoms. The molecule has 0 atom stereocenters. The van der Waals surface area contributed by atoms with E-state index in [1.54, 1.807) is 24.3 Å². The second-order valence-corrected chi connectivity index (χ2v) is 35.0. The minimum absolute atomic E-state index is 0.00714. The first-order valence-corrected chi connectivity index (χ1v) is 47.6. The summed E-state index contributed by atoms with van der Waals surface area (Å²) in [6.45, 7) is 14.5. The predicted octanol–water partition coefficient (Wildman–Crippen LogP) is 34.2. The molecule has 5 heterocycles. The second-order valence-electron chi connectivity index (χ2n) is 35.0. The van der Waals surface area contributed by atoms with Crippen molar-refractivity contribution < 1.29 is 8.83 Å². The van der Waals surface area contributed by atoms with Gasteiger partial charge in [-0.2, -0.15) is 21.0 Å². The van der Waals surface area contributed by atoms with E-state index in [1.165, 1.54) is 72.0 Å². The van der Waals surface area contributed by atoms with Crippen LogP contribution in [-0.2, 0) is 0 Å². The number of rotatable bonds is 17. The molecule has 17 nitrogen and oxygen atoms in total. The first-order valence-electron chi connectivity index (χ1n) is 47.6. The molecule has 0 aliphatic rings.